The molecule has 0 heterocycles. The van der Waals surface area contributed by atoms with Crippen LogP contribution in [0, 0.1) is 5.82 Å². The zero-order chi connectivity index (χ0) is 11.8. The van der Waals surface area contributed by atoms with Crippen LogP contribution in [0.4, 0.5) is 10.1 Å². The van der Waals surface area contributed by atoms with E-state index < -0.39 is 0 Å². The molecule has 0 atom stereocenters. The summed E-state index contributed by atoms with van der Waals surface area (Å²) < 4.78 is 14.7. The molecule has 84 valence electrons. The number of benzene rings is 1. The Balaban J connectivity index is 3.34. The highest BCUT2D eigenvalue weighted by molar-refractivity contribution is 9.10. The molecule has 0 amide bonds. The number of hydrogen-bond donors (Lipinski definition) is 0. The average molecular weight is 274 g/mol. The number of rotatable bonds is 1. The van der Waals surface area contributed by atoms with Crippen molar-refractivity contribution in [2.45, 2.75) is 26.2 Å². The van der Waals surface area contributed by atoms with Crippen LogP contribution in [0.2, 0.25) is 0 Å². The van der Waals surface area contributed by atoms with E-state index in [2.05, 4.69) is 15.9 Å². The van der Waals surface area contributed by atoms with Crippen LogP contribution in [0.15, 0.2) is 16.6 Å². The molecule has 0 spiro atoms. The van der Waals surface area contributed by atoms with Gasteiger partial charge in [-0.1, -0.05) is 36.7 Å². The summed E-state index contributed by atoms with van der Waals surface area (Å²) in [6.07, 6.45) is 0. The standard InChI is InChI=1S/C12H17BrFN/c1-12(2,3)11-9(13)6-8(15(4)5)7-10(11)14/h6-7H,1-5H3. The highest BCUT2D eigenvalue weighted by atomic mass is 79.9. The zero-order valence-corrected chi connectivity index (χ0v) is 11.4. The molecular formula is C12H17BrFN. The Morgan fingerprint density at radius 2 is 1.73 bits per heavy atom. The Kier molecular flexibility index (Phi) is 3.44. The first kappa shape index (κ1) is 12.5. The number of halogens is 2. The molecule has 1 aromatic rings. The summed E-state index contributed by atoms with van der Waals surface area (Å²) in [5.41, 5.74) is 1.41. The van der Waals surface area contributed by atoms with Gasteiger partial charge in [0.25, 0.3) is 0 Å². The smallest absolute Gasteiger partial charge is 0.130 e. The van der Waals surface area contributed by atoms with E-state index >= 15 is 0 Å². The van der Waals surface area contributed by atoms with Crippen LogP contribution in [0.3, 0.4) is 0 Å². The second-order valence-electron chi connectivity index (χ2n) is 4.93. The lowest BCUT2D eigenvalue weighted by atomic mass is 9.86. The highest BCUT2D eigenvalue weighted by Gasteiger charge is 2.22. The number of nitrogens with zero attached hydrogens (tertiary/aromatic N) is 1. The van der Waals surface area contributed by atoms with Gasteiger partial charge in [-0.05, 0) is 17.5 Å². The van der Waals surface area contributed by atoms with Gasteiger partial charge >= 0.3 is 0 Å². The topological polar surface area (TPSA) is 3.24 Å². The molecule has 15 heavy (non-hydrogen) atoms. The first-order valence-corrected chi connectivity index (χ1v) is 5.69. The largest absolute Gasteiger partial charge is 0.378 e. The molecule has 1 aromatic carbocycles. The normalized spacial score (nSPS) is 11.7. The van der Waals surface area contributed by atoms with Crippen molar-refractivity contribution in [3.63, 3.8) is 0 Å². The van der Waals surface area contributed by atoms with Crippen molar-refractivity contribution in [2.24, 2.45) is 0 Å². The summed E-state index contributed by atoms with van der Waals surface area (Å²) >= 11 is 3.44. The van der Waals surface area contributed by atoms with Crippen molar-refractivity contribution in [2.75, 3.05) is 19.0 Å². The Morgan fingerprint density at radius 1 is 1.20 bits per heavy atom. The summed E-state index contributed by atoms with van der Waals surface area (Å²) in [5, 5.41) is 0. The zero-order valence-electron chi connectivity index (χ0n) is 9.86. The molecule has 0 saturated carbocycles. The van der Waals surface area contributed by atoms with E-state index in [1.165, 1.54) is 0 Å². The fourth-order valence-corrected chi connectivity index (χ4v) is 2.55. The summed E-state index contributed by atoms with van der Waals surface area (Å²) in [6, 6.07) is 3.52. The van der Waals surface area contributed by atoms with Crippen LogP contribution in [0.5, 0.6) is 0 Å². The molecule has 0 aliphatic carbocycles. The van der Waals surface area contributed by atoms with E-state index in [1.54, 1.807) is 6.07 Å². The molecule has 0 aliphatic heterocycles. The minimum atomic E-state index is -0.187. The van der Waals surface area contributed by atoms with Crippen molar-refractivity contribution < 1.29 is 4.39 Å². The molecule has 3 heteroatoms. The van der Waals surface area contributed by atoms with Crippen LogP contribution >= 0.6 is 15.9 Å². The van der Waals surface area contributed by atoms with Crippen LogP contribution in [0.1, 0.15) is 26.3 Å². The minimum Gasteiger partial charge on any atom is -0.378 e. The predicted molar refractivity (Wildman–Crippen MR) is 67.1 cm³/mol. The summed E-state index contributed by atoms with van der Waals surface area (Å²) in [5.74, 6) is -0.152. The fourth-order valence-electron chi connectivity index (χ4n) is 1.53. The Bertz CT molecular complexity index is 343. The molecule has 0 saturated heterocycles. The van der Waals surface area contributed by atoms with Gasteiger partial charge in [0, 0.05) is 29.8 Å². The van der Waals surface area contributed by atoms with Crippen molar-refractivity contribution >= 4 is 21.6 Å². The average Bonchev–Trinajstić information content (AvgIpc) is 1.99. The van der Waals surface area contributed by atoms with Gasteiger partial charge in [0.1, 0.15) is 5.82 Å². The summed E-state index contributed by atoms with van der Waals surface area (Å²) in [6.45, 7) is 6.02. The highest BCUT2D eigenvalue weighted by Crippen LogP contribution is 2.34. The maximum absolute atomic E-state index is 13.9. The first-order chi connectivity index (χ1) is 6.73. The third-order valence-electron chi connectivity index (χ3n) is 2.29. The summed E-state index contributed by atoms with van der Waals surface area (Å²) in [7, 11) is 3.80. The molecule has 1 nitrogen and oxygen atoms in total. The second-order valence-corrected chi connectivity index (χ2v) is 5.78. The number of hydrogen-bond acceptors (Lipinski definition) is 1. The molecule has 0 aromatic heterocycles. The quantitative estimate of drug-likeness (QED) is 0.749. The van der Waals surface area contributed by atoms with Crippen LogP contribution in [-0.4, -0.2) is 14.1 Å². The van der Waals surface area contributed by atoms with Gasteiger partial charge in [-0.15, -0.1) is 0 Å². The maximum Gasteiger partial charge on any atom is 0.130 e. The lowest BCUT2D eigenvalue weighted by Crippen LogP contribution is -2.16. The van der Waals surface area contributed by atoms with Gasteiger partial charge in [0.2, 0.25) is 0 Å². The van der Waals surface area contributed by atoms with Crippen molar-refractivity contribution in [1.82, 2.24) is 0 Å². The molecule has 0 bridgehead atoms. The molecule has 0 fully saturated rings. The molecular weight excluding hydrogens is 257 g/mol. The van der Waals surface area contributed by atoms with E-state index in [4.69, 9.17) is 0 Å². The monoisotopic (exact) mass is 273 g/mol. The van der Waals surface area contributed by atoms with E-state index in [0.717, 1.165) is 15.7 Å². The van der Waals surface area contributed by atoms with E-state index in [0.29, 0.717) is 0 Å². The SMILES string of the molecule is CN(C)c1cc(F)c(C(C)(C)C)c(Br)c1. The molecule has 0 aliphatic rings. The molecule has 0 unspecified atom stereocenters. The van der Waals surface area contributed by atoms with Crippen LogP contribution < -0.4 is 4.90 Å². The van der Waals surface area contributed by atoms with E-state index in [-0.39, 0.29) is 11.2 Å². The van der Waals surface area contributed by atoms with Gasteiger partial charge in [0.15, 0.2) is 0 Å². The molecule has 0 radical (unpaired) electrons. The number of anilines is 1. The molecule has 0 N–H and O–H groups in total. The van der Waals surface area contributed by atoms with Gasteiger partial charge in [-0.3, -0.25) is 0 Å². The van der Waals surface area contributed by atoms with Gasteiger partial charge in [-0.2, -0.15) is 0 Å². The van der Waals surface area contributed by atoms with Gasteiger partial charge in [-0.25, -0.2) is 4.39 Å². The van der Waals surface area contributed by atoms with E-state index in [1.807, 2.05) is 45.8 Å². The third kappa shape index (κ3) is 2.71. The summed E-state index contributed by atoms with van der Waals surface area (Å²) in [4.78, 5) is 1.89. The maximum atomic E-state index is 13.9. The molecule has 1 rings (SSSR count). The lowest BCUT2D eigenvalue weighted by Gasteiger charge is -2.23. The third-order valence-corrected chi connectivity index (χ3v) is 2.92. The van der Waals surface area contributed by atoms with Crippen molar-refractivity contribution in [1.29, 1.82) is 0 Å². The lowest BCUT2D eigenvalue weighted by molar-refractivity contribution is 0.520. The van der Waals surface area contributed by atoms with Gasteiger partial charge < -0.3 is 4.90 Å². The van der Waals surface area contributed by atoms with Crippen molar-refractivity contribution in [3.8, 4) is 0 Å². The van der Waals surface area contributed by atoms with E-state index in [9.17, 15) is 4.39 Å². The minimum absolute atomic E-state index is 0.152. The van der Waals surface area contributed by atoms with Crippen molar-refractivity contribution in [3.05, 3.63) is 28.0 Å². The fraction of sp³-hybridized carbons (Fsp3) is 0.500. The van der Waals surface area contributed by atoms with Crippen LogP contribution in [0.25, 0.3) is 0 Å². The Hall–Kier alpha value is -0.570. The first-order valence-electron chi connectivity index (χ1n) is 4.90. The van der Waals surface area contributed by atoms with Crippen LogP contribution in [-0.2, 0) is 5.41 Å². The Morgan fingerprint density at radius 3 is 2.07 bits per heavy atom. The Labute approximate surface area is 99.4 Å². The predicted octanol–water partition coefficient (Wildman–Crippen LogP) is 3.95. The second kappa shape index (κ2) is 4.12. The van der Waals surface area contributed by atoms with Gasteiger partial charge in [0.05, 0.1) is 0 Å².